The van der Waals surface area contributed by atoms with Crippen molar-refractivity contribution in [3.05, 3.63) is 24.3 Å². The minimum absolute atomic E-state index is 0.0847. The van der Waals surface area contributed by atoms with Gasteiger partial charge in [0.1, 0.15) is 12.7 Å². The topological polar surface area (TPSA) is 131 Å². The van der Waals surface area contributed by atoms with Gasteiger partial charge in [0, 0.05) is 19.4 Å². The molecule has 0 aliphatic carbocycles. The maximum atomic E-state index is 12.1. The summed E-state index contributed by atoms with van der Waals surface area (Å²) in [5.41, 5.74) is 0. The molecule has 10 heteroatoms. The number of allylic oxidation sites excluding steroid dienone is 4. The van der Waals surface area contributed by atoms with Crippen LogP contribution in [0.1, 0.15) is 245 Å². The monoisotopic (exact) mass is 856 g/mol. The Kier molecular flexibility index (Phi) is 44.8. The number of nitrogens with one attached hydrogen (secondary N) is 1. The number of hydrogen-bond donors (Lipinski definition) is 3. The van der Waals surface area contributed by atoms with Crippen molar-refractivity contribution in [3.8, 4) is 0 Å². The number of aliphatic hydroxyl groups excluding tert-OH is 1. The molecule has 2 unspecified atom stereocenters. The molecule has 0 aromatic heterocycles. The molecular formula is C49H94NO8P. The first kappa shape index (κ1) is 57.5. The molecule has 0 saturated carbocycles. The molecule has 3 N–H and O–H groups in total. The summed E-state index contributed by atoms with van der Waals surface area (Å²) >= 11 is 0. The number of rotatable bonds is 47. The first-order chi connectivity index (χ1) is 28.8. The number of aliphatic hydroxyl groups is 1. The molecule has 0 saturated heterocycles. The van der Waals surface area contributed by atoms with E-state index in [0.29, 0.717) is 6.42 Å². The van der Waals surface area contributed by atoms with E-state index >= 15 is 0 Å². The normalized spacial score (nSPS) is 13.4. The summed E-state index contributed by atoms with van der Waals surface area (Å²) in [5.74, 6) is -0.514. The largest absolute Gasteiger partial charge is 0.472 e. The lowest BCUT2D eigenvalue weighted by Crippen LogP contribution is -2.27. The smallest absolute Gasteiger partial charge is 0.463 e. The summed E-state index contributed by atoms with van der Waals surface area (Å²) in [6, 6.07) is 0. The van der Waals surface area contributed by atoms with Gasteiger partial charge in [-0.25, -0.2) is 4.57 Å². The van der Waals surface area contributed by atoms with Crippen LogP contribution in [0.25, 0.3) is 0 Å². The van der Waals surface area contributed by atoms with E-state index in [-0.39, 0.29) is 32.1 Å². The average Bonchev–Trinajstić information content (AvgIpc) is 3.22. The van der Waals surface area contributed by atoms with E-state index < -0.39 is 26.5 Å². The lowest BCUT2D eigenvalue weighted by atomic mass is 10.0. The highest BCUT2D eigenvalue weighted by Crippen LogP contribution is 2.42. The number of carbonyl (C=O) groups excluding carboxylic acids is 2. The van der Waals surface area contributed by atoms with Crippen LogP contribution in [0.4, 0.5) is 0 Å². The van der Waals surface area contributed by atoms with Gasteiger partial charge in [0.15, 0.2) is 0 Å². The van der Waals surface area contributed by atoms with Gasteiger partial charge in [-0.05, 0) is 44.9 Å². The van der Waals surface area contributed by atoms with Gasteiger partial charge in [-0.15, -0.1) is 0 Å². The van der Waals surface area contributed by atoms with Crippen LogP contribution in [0.15, 0.2) is 24.3 Å². The Morgan fingerprint density at radius 2 is 0.915 bits per heavy atom. The minimum Gasteiger partial charge on any atom is -0.463 e. The Morgan fingerprint density at radius 1 is 0.525 bits per heavy atom. The Hall–Kier alpha value is -1.51. The van der Waals surface area contributed by atoms with Crippen LogP contribution in [0.2, 0.25) is 0 Å². The third-order valence-electron chi connectivity index (χ3n) is 10.9. The van der Waals surface area contributed by atoms with Crippen LogP contribution in [0.3, 0.4) is 0 Å². The van der Waals surface area contributed by atoms with Crippen molar-refractivity contribution in [3.63, 3.8) is 0 Å². The van der Waals surface area contributed by atoms with Crippen molar-refractivity contribution >= 4 is 19.7 Å². The van der Waals surface area contributed by atoms with E-state index in [1.54, 1.807) is 0 Å². The quantitative estimate of drug-likeness (QED) is 0.0239. The second-order valence-electron chi connectivity index (χ2n) is 16.8. The van der Waals surface area contributed by atoms with Gasteiger partial charge in [-0.1, -0.05) is 212 Å². The van der Waals surface area contributed by atoms with Crippen molar-refractivity contribution < 1.29 is 37.9 Å². The molecule has 0 fully saturated rings. The second kappa shape index (κ2) is 46.0. The third kappa shape index (κ3) is 47.4. The molecular weight excluding hydrogens is 762 g/mol. The highest BCUT2D eigenvalue weighted by molar-refractivity contribution is 7.47. The highest BCUT2D eigenvalue weighted by atomic mass is 31.2. The number of carbonyl (C=O) groups is 2. The average molecular weight is 856 g/mol. The molecule has 0 radical (unpaired) electrons. The Morgan fingerprint density at radius 3 is 1.39 bits per heavy atom. The molecule has 348 valence electrons. The van der Waals surface area contributed by atoms with Gasteiger partial charge < -0.3 is 20.1 Å². The van der Waals surface area contributed by atoms with Gasteiger partial charge in [0.05, 0.1) is 13.2 Å². The molecule has 0 spiro atoms. The molecule has 0 bridgehead atoms. The fourth-order valence-electron chi connectivity index (χ4n) is 7.12. The van der Waals surface area contributed by atoms with Crippen molar-refractivity contribution in [1.82, 2.24) is 5.32 Å². The molecule has 2 atom stereocenters. The number of hydrogen-bond acceptors (Lipinski definition) is 7. The summed E-state index contributed by atoms with van der Waals surface area (Å²) in [7, 11) is -4.42. The Labute approximate surface area is 363 Å². The van der Waals surface area contributed by atoms with Crippen LogP contribution >= 0.6 is 7.82 Å². The number of amides is 1. The fourth-order valence-corrected chi connectivity index (χ4v) is 7.88. The lowest BCUT2D eigenvalue weighted by molar-refractivity contribution is -0.147. The predicted molar refractivity (Wildman–Crippen MR) is 248 cm³/mol. The standard InChI is InChI=1S/C49H94NO8P/c1-3-5-7-9-11-13-15-17-19-21-22-23-24-26-27-29-31-33-35-37-39-41-48(52)50-43-44-57-59(54,55)58-46-47(51)45-56-49(53)42-40-38-36-34-32-30-28-25-20-18-16-14-12-10-8-6-4-2/h12,14,18,20,47,51H,3-11,13,15-17,19,21-46H2,1-2H3,(H,50,52)(H,54,55)/b14-12-,20-18-. The summed E-state index contributed by atoms with van der Waals surface area (Å²) in [6.45, 7) is 3.56. The van der Waals surface area contributed by atoms with E-state index in [1.165, 1.54) is 161 Å². The number of unbranched alkanes of at least 4 members (excludes halogenated alkanes) is 30. The highest BCUT2D eigenvalue weighted by Gasteiger charge is 2.23. The molecule has 0 heterocycles. The molecule has 0 rings (SSSR count). The van der Waals surface area contributed by atoms with Crippen LogP contribution < -0.4 is 5.32 Å². The molecule has 1 amide bonds. The molecule has 59 heavy (non-hydrogen) atoms. The van der Waals surface area contributed by atoms with Crippen LogP contribution in [0, 0.1) is 0 Å². The minimum atomic E-state index is -4.42. The molecule has 9 nitrogen and oxygen atoms in total. The van der Waals surface area contributed by atoms with E-state index in [0.717, 1.165) is 57.8 Å². The first-order valence-corrected chi connectivity index (χ1v) is 26.3. The molecule has 0 aliphatic heterocycles. The van der Waals surface area contributed by atoms with Crippen molar-refractivity contribution in [1.29, 1.82) is 0 Å². The van der Waals surface area contributed by atoms with E-state index in [1.807, 2.05) is 0 Å². The predicted octanol–water partition coefficient (Wildman–Crippen LogP) is 14.3. The summed E-state index contributed by atoms with van der Waals surface area (Å²) in [5, 5.41) is 12.7. The van der Waals surface area contributed by atoms with Crippen molar-refractivity contribution in [2.75, 3.05) is 26.4 Å². The molecule has 0 aromatic carbocycles. The van der Waals surface area contributed by atoms with E-state index in [9.17, 15) is 24.2 Å². The van der Waals surface area contributed by atoms with Gasteiger partial charge in [0.25, 0.3) is 0 Å². The zero-order valence-electron chi connectivity index (χ0n) is 38.5. The Bertz CT molecular complexity index is 1020. The maximum Gasteiger partial charge on any atom is 0.472 e. The summed E-state index contributed by atoms with van der Waals surface area (Å²) in [4.78, 5) is 34.0. The van der Waals surface area contributed by atoms with E-state index in [2.05, 4.69) is 43.5 Å². The zero-order chi connectivity index (χ0) is 43.2. The maximum absolute atomic E-state index is 12.1. The van der Waals surface area contributed by atoms with E-state index in [4.69, 9.17) is 13.8 Å². The van der Waals surface area contributed by atoms with Crippen LogP contribution in [0.5, 0.6) is 0 Å². The number of phosphoric ester groups is 1. The number of ether oxygens (including phenoxy) is 1. The third-order valence-corrected chi connectivity index (χ3v) is 11.9. The van der Waals surface area contributed by atoms with Crippen LogP contribution in [-0.4, -0.2) is 54.3 Å². The van der Waals surface area contributed by atoms with Gasteiger partial charge in [-0.2, -0.15) is 0 Å². The SMILES string of the molecule is CCCCC/C=C\C/C=C\CCCCCCCCCC(=O)OCC(O)COP(=O)(O)OCCNC(=O)CCCCCCCCCCCCCCCCCCCCCCC. The molecule has 0 aliphatic rings. The van der Waals surface area contributed by atoms with Crippen LogP contribution in [-0.2, 0) is 27.9 Å². The Balaban J connectivity index is 3.54. The fraction of sp³-hybridized carbons (Fsp3) is 0.878. The summed E-state index contributed by atoms with van der Waals surface area (Å²) < 4.78 is 27.0. The van der Waals surface area contributed by atoms with Crippen molar-refractivity contribution in [2.24, 2.45) is 0 Å². The van der Waals surface area contributed by atoms with Gasteiger partial charge in [0.2, 0.25) is 5.91 Å². The number of esters is 1. The van der Waals surface area contributed by atoms with Gasteiger partial charge in [-0.3, -0.25) is 18.6 Å². The number of phosphoric acid groups is 1. The van der Waals surface area contributed by atoms with Crippen molar-refractivity contribution in [2.45, 2.75) is 251 Å². The van der Waals surface area contributed by atoms with Gasteiger partial charge >= 0.3 is 13.8 Å². The summed E-state index contributed by atoms with van der Waals surface area (Å²) in [6.07, 6.45) is 51.1. The molecule has 0 aromatic rings. The second-order valence-corrected chi connectivity index (χ2v) is 18.2. The zero-order valence-corrected chi connectivity index (χ0v) is 39.4. The lowest BCUT2D eigenvalue weighted by Gasteiger charge is -2.15. The first-order valence-electron chi connectivity index (χ1n) is 24.8.